The lowest BCUT2D eigenvalue weighted by molar-refractivity contribution is 0.281. The maximum Gasteiger partial charge on any atom is 0.308 e. The van der Waals surface area contributed by atoms with Gasteiger partial charge in [-0.25, -0.2) is 8.42 Å². The lowest BCUT2D eigenvalue weighted by Crippen LogP contribution is -2.39. The summed E-state index contributed by atoms with van der Waals surface area (Å²) in [6.07, 6.45) is 1.94. The quantitative estimate of drug-likeness (QED) is 0.616. The van der Waals surface area contributed by atoms with Crippen molar-refractivity contribution in [3.8, 4) is 0 Å². The van der Waals surface area contributed by atoms with Crippen molar-refractivity contribution in [2.75, 3.05) is 13.1 Å². The second-order valence-electron chi connectivity index (χ2n) is 7.32. The first-order chi connectivity index (χ1) is 13.3. The number of hydrogen-bond acceptors (Lipinski definition) is 4. The molecule has 1 fully saturated rings. The zero-order valence-corrected chi connectivity index (χ0v) is 17.9. The Morgan fingerprint density at radius 3 is 2.64 bits per heavy atom. The molecule has 0 bridgehead atoms. The molecular formula is C20H21ClN2O3S2. The molecule has 0 spiro atoms. The third-order valence-corrected chi connectivity index (χ3v) is 8.21. The molecular weight excluding hydrogens is 416 g/mol. The van der Waals surface area contributed by atoms with Gasteiger partial charge in [0, 0.05) is 18.1 Å². The van der Waals surface area contributed by atoms with E-state index in [1.54, 1.807) is 39.2 Å². The molecule has 1 aromatic heterocycles. The van der Waals surface area contributed by atoms with Crippen LogP contribution in [0.15, 0.2) is 52.2 Å². The highest BCUT2D eigenvalue weighted by Gasteiger charge is 2.29. The van der Waals surface area contributed by atoms with Gasteiger partial charge in [-0.15, -0.1) is 0 Å². The molecule has 1 aliphatic heterocycles. The summed E-state index contributed by atoms with van der Waals surface area (Å²) in [5.74, 6) is 0.365. The van der Waals surface area contributed by atoms with Crippen molar-refractivity contribution < 1.29 is 8.42 Å². The number of aromatic nitrogens is 1. The van der Waals surface area contributed by atoms with Crippen LogP contribution in [0.1, 0.15) is 25.3 Å². The van der Waals surface area contributed by atoms with E-state index in [9.17, 15) is 13.2 Å². The van der Waals surface area contributed by atoms with Crippen LogP contribution in [0, 0.1) is 5.92 Å². The molecule has 0 amide bonds. The normalized spacial score (nSPS) is 18.6. The van der Waals surface area contributed by atoms with Crippen molar-refractivity contribution in [3.05, 3.63) is 62.7 Å². The van der Waals surface area contributed by atoms with Crippen molar-refractivity contribution in [2.24, 2.45) is 5.92 Å². The number of sulfonamides is 1. The molecule has 4 rings (SSSR count). The van der Waals surface area contributed by atoms with E-state index in [1.807, 2.05) is 12.1 Å². The number of fused-ring (bicyclic) bond motifs is 1. The van der Waals surface area contributed by atoms with E-state index in [4.69, 9.17) is 11.6 Å². The Balaban J connectivity index is 1.69. The maximum atomic E-state index is 13.0. The highest BCUT2D eigenvalue weighted by molar-refractivity contribution is 7.89. The van der Waals surface area contributed by atoms with Crippen molar-refractivity contribution in [1.29, 1.82) is 0 Å². The van der Waals surface area contributed by atoms with E-state index in [0.29, 0.717) is 35.3 Å². The number of rotatable bonds is 4. The van der Waals surface area contributed by atoms with E-state index in [2.05, 4.69) is 6.92 Å². The Labute approximate surface area is 173 Å². The minimum Gasteiger partial charge on any atom is -0.294 e. The number of hydrogen-bond donors (Lipinski definition) is 0. The van der Waals surface area contributed by atoms with Gasteiger partial charge in [0.1, 0.15) is 0 Å². The monoisotopic (exact) mass is 436 g/mol. The molecule has 0 saturated carbocycles. The highest BCUT2D eigenvalue weighted by atomic mass is 35.5. The second-order valence-corrected chi connectivity index (χ2v) is 10.7. The number of halogens is 1. The topological polar surface area (TPSA) is 59.4 Å². The molecule has 3 aromatic rings. The fourth-order valence-corrected chi connectivity index (χ4v) is 6.40. The summed E-state index contributed by atoms with van der Waals surface area (Å²) < 4.78 is 30.0. The smallest absolute Gasteiger partial charge is 0.294 e. The zero-order chi connectivity index (χ0) is 19.9. The summed E-state index contributed by atoms with van der Waals surface area (Å²) in [5, 5.41) is 0.646. The summed E-state index contributed by atoms with van der Waals surface area (Å²) in [7, 11) is -3.54. The average molecular weight is 437 g/mol. The van der Waals surface area contributed by atoms with Gasteiger partial charge >= 0.3 is 4.87 Å². The predicted octanol–water partition coefficient (Wildman–Crippen LogP) is 4.19. The van der Waals surface area contributed by atoms with E-state index in [0.717, 1.165) is 35.3 Å². The summed E-state index contributed by atoms with van der Waals surface area (Å²) in [6, 6.07) is 12.3. The molecule has 1 aliphatic rings. The van der Waals surface area contributed by atoms with Gasteiger partial charge in [-0.05, 0) is 54.7 Å². The zero-order valence-electron chi connectivity index (χ0n) is 15.5. The highest BCUT2D eigenvalue weighted by Crippen LogP contribution is 2.27. The van der Waals surface area contributed by atoms with Gasteiger partial charge < -0.3 is 0 Å². The molecule has 1 saturated heterocycles. The first kappa shape index (κ1) is 19.6. The predicted molar refractivity (Wildman–Crippen MR) is 114 cm³/mol. The van der Waals surface area contributed by atoms with Crippen LogP contribution < -0.4 is 4.87 Å². The van der Waals surface area contributed by atoms with E-state index < -0.39 is 10.0 Å². The molecule has 5 nitrogen and oxygen atoms in total. The third kappa shape index (κ3) is 3.76. The van der Waals surface area contributed by atoms with Gasteiger partial charge in [0.15, 0.2) is 0 Å². The second kappa shape index (κ2) is 7.63. The van der Waals surface area contributed by atoms with Crippen molar-refractivity contribution >= 4 is 43.2 Å². The lowest BCUT2D eigenvalue weighted by Gasteiger charge is -2.30. The Hall–Kier alpha value is -1.67. The van der Waals surface area contributed by atoms with Crippen LogP contribution in [-0.4, -0.2) is 30.4 Å². The first-order valence-corrected chi connectivity index (χ1v) is 11.9. The van der Waals surface area contributed by atoms with Crippen molar-refractivity contribution in [1.82, 2.24) is 8.87 Å². The summed E-state index contributed by atoms with van der Waals surface area (Å²) >= 11 is 7.00. The Bertz CT molecular complexity index is 1170. The Morgan fingerprint density at radius 1 is 1.18 bits per heavy atom. The molecule has 1 atom stereocenters. The van der Waals surface area contributed by atoms with Crippen LogP contribution in [-0.2, 0) is 16.6 Å². The van der Waals surface area contributed by atoms with Gasteiger partial charge in [-0.2, -0.15) is 4.31 Å². The molecule has 8 heteroatoms. The van der Waals surface area contributed by atoms with E-state index in [1.165, 1.54) is 0 Å². The fourth-order valence-electron chi connectivity index (χ4n) is 3.64. The van der Waals surface area contributed by atoms with Gasteiger partial charge in [0.05, 0.1) is 21.7 Å². The molecule has 0 N–H and O–H groups in total. The Morgan fingerprint density at radius 2 is 1.93 bits per heavy atom. The summed E-state index contributed by atoms with van der Waals surface area (Å²) in [6.45, 7) is 3.60. The average Bonchev–Trinajstić information content (AvgIpc) is 2.98. The van der Waals surface area contributed by atoms with Gasteiger partial charge in [-0.1, -0.05) is 42.0 Å². The molecule has 0 unspecified atom stereocenters. The Kier molecular flexibility index (Phi) is 5.35. The van der Waals surface area contributed by atoms with Crippen LogP contribution in [0.2, 0.25) is 5.02 Å². The lowest BCUT2D eigenvalue weighted by atomic mass is 10.0. The largest absolute Gasteiger partial charge is 0.308 e. The van der Waals surface area contributed by atoms with E-state index >= 15 is 0 Å². The SMILES string of the molecule is C[C@H]1CCCN(S(=O)(=O)c2ccc3c(c2)sc(=O)n3Cc2ccc(Cl)cc2)C1. The number of nitrogens with zero attached hydrogens (tertiary/aromatic N) is 2. The standard InChI is InChI=1S/C20H21ClN2O3S2/c1-14-3-2-10-22(12-14)28(25,26)17-8-9-18-19(11-17)27-20(24)23(18)13-15-4-6-16(21)7-5-15/h4-9,11,14H,2-3,10,12-13H2,1H3/t14-/m0/s1. The van der Waals surface area contributed by atoms with Gasteiger partial charge in [0.25, 0.3) is 0 Å². The van der Waals surface area contributed by atoms with E-state index in [-0.39, 0.29) is 9.77 Å². The number of thiazole rings is 1. The number of benzene rings is 2. The van der Waals surface area contributed by atoms with Crippen LogP contribution in [0.4, 0.5) is 0 Å². The van der Waals surface area contributed by atoms with Crippen LogP contribution in [0.5, 0.6) is 0 Å². The van der Waals surface area contributed by atoms with Gasteiger partial charge in [0.2, 0.25) is 10.0 Å². The fraction of sp³-hybridized carbons (Fsp3) is 0.350. The van der Waals surface area contributed by atoms with Crippen LogP contribution >= 0.6 is 22.9 Å². The van der Waals surface area contributed by atoms with Crippen molar-refractivity contribution in [3.63, 3.8) is 0 Å². The summed E-state index contributed by atoms with van der Waals surface area (Å²) in [5.41, 5.74) is 1.71. The maximum absolute atomic E-state index is 13.0. The van der Waals surface area contributed by atoms with Crippen molar-refractivity contribution in [2.45, 2.75) is 31.2 Å². The molecule has 148 valence electrons. The molecule has 0 aliphatic carbocycles. The first-order valence-electron chi connectivity index (χ1n) is 9.22. The van der Waals surface area contributed by atoms with Crippen LogP contribution in [0.3, 0.4) is 0 Å². The summed E-state index contributed by atoms with van der Waals surface area (Å²) in [4.78, 5) is 12.7. The minimum atomic E-state index is -3.54. The molecule has 2 heterocycles. The molecule has 28 heavy (non-hydrogen) atoms. The molecule has 2 aromatic carbocycles. The van der Waals surface area contributed by atoms with Crippen LogP contribution in [0.25, 0.3) is 10.2 Å². The minimum absolute atomic E-state index is 0.105. The third-order valence-electron chi connectivity index (χ3n) is 5.15. The van der Waals surface area contributed by atoms with Gasteiger partial charge in [-0.3, -0.25) is 9.36 Å². The number of piperidine rings is 1. The molecule has 0 radical (unpaired) electrons.